The molecule has 38 heavy (non-hydrogen) atoms. The van der Waals surface area contributed by atoms with Gasteiger partial charge in [-0.2, -0.15) is 0 Å². The van der Waals surface area contributed by atoms with Gasteiger partial charge in [-0.15, -0.1) is 0 Å². The lowest BCUT2D eigenvalue weighted by atomic mass is 9.89. The molecule has 0 rings (SSSR count). The number of aliphatic hydroxyl groups excluding tert-OH is 3. The third-order valence-electron chi connectivity index (χ3n) is 6.77. The number of carbonyl (C=O) groups is 4. The Kier molecular flexibility index (Phi) is 18.6. The molecule has 0 saturated heterocycles. The molecular weight excluding hydrogens is 498 g/mol. The molecule has 0 aliphatic carbocycles. The largest absolute Gasteiger partial charge is 0.550 e. The Morgan fingerprint density at radius 1 is 0.868 bits per heavy atom. The average Bonchev–Trinajstić information content (AvgIpc) is 2.81. The van der Waals surface area contributed by atoms with E-state index in [1.54, 1.807) is 0 Å². The van der Waals surface area contributed by atoms with E-state index in [2.05, 4.69) is 5.32 Å². The van der Waals surface area contributed by atoms with Crippen LogP contribution in [0.3, 0.4) is 0 Å². The van der Waals surface area contributed by atoms with Crippen molar-refractivity contribution in [2.45, 2.75) is 123 Å². The molecule has 4 N–H and O–H groups in total. The summed E-state index contributed by atoms with van der Waals surface area (Å²) in [6.45, 7) is 7.17. The van der Waals surface area contributed by atoms with Crippen LogP contribution in [-0.4, -0.2) is 70.1 Å². The van der Waals surface area contributed by atoms with Crippen LogP contribution in [0.1, 0.15) is 98.3 Å². The molecule has 0 saturated carbocycles. The van der Waals surface area contributed by atoms with Crippen LogP contribution in [0.25, 0.3) is 0 Å². The smallest absolute Gasteiger partial charge is 0.306 e. The maximum Gasteiger partial charge on any atom is 0.306 e. The van der Waals surface area contributed by atoms with E-state index in [1.165, 1.54) is 6.92 Å². The number of amides is 1. The Hall–Kier alpha value is -2.24. The lowest BCUT2D eigenvalue weighted by Gasteiger charge is -2.30. The molecule has 0 bridgehead atoms. The van der Waals surface area contributed by atoms with Crippen LogP contribution in [0.5, 0.6) is 0 Å². The molecule has 11 nitrogen and oxygen atoms in total. The molecule has 0 aliphatic heterocycles. The minimum atomic E-state index is -1.67. The third kappa shape index (κ3) is 17.3. The SMILES string of the molecule is CC[C@@H](C)[C@@H](OC(=O)C[C@@H](CC(=O)[O-])C(=O)[O-])[C@@H](O)C[C@@H](C)CCCCCC[C@@H](O)C[C@H](O)CNC(C)=O. The van der Waals surface area contributed by atoms with Gasteiger partial charge in [0.2, 0.25) is 5.91 Å². The zero-order valence-electron chi connectivity index (χ0n) is 23.2. The molecule has 0 aromatic rings. The first-order valence-corrected chi connectivity index (χ1v) is 13.6. The topological polar surface area (TPSA) is 196 Å². The van der Waals surface area contributed by atoms with Crippen LogP contribution in [0.4, 0.5) is 0 Å². The number of carboxylic acids is 2. The molecular formula is C27H47NO10-2. The number of aliphatic hydroxyl groups is 3. The van der Waals surface area contributed by atoms with Gasteiger partial charge in [-0.05, 0) is 37.5 Å². The number of hydrogen-bond donors (Lipinski definition) is 4. The fraction of sp³-hybridized carbons (Fsp3) is 0.852. The Labute approximate surface area is 226 Å². The molecule has 7 atom stereocenters. The average molecular weight is 546 g/mol. The molecule has 1 amide bonds. The zero-order chi connectivity index (χ0) is 29.3. The van der Waals surface area contributed by atoms with Crippen molar-refractivity contribution >= 4 is 23.8 Å². The van der Waals surface area contributed by atoms with E-state index < -0.39 is 61.1 Å². The number of ether oxygens (including phenoxy) is 1. The lowest BCUT2D eigenvalue weighted by molar-refractivity contribution is -0.320. The molecule has 0 unspecified atom stereocenters. The summed E-state index contributed by atoms with van der Waals surface area (Å²) in [5, 5.41) is 55.0. The van der Waals surface area contributed by atoms with E-state index in [4.69, 9.17) is 4.74 Å². The summed E-state index contributed by atoms with van der Waals surface area (Å²) in [5.41, 5.74) is 0. The van der Waals surface area contributed by atoms with Gasteiger partial charge in [-0.1, -0.05) is 52.9 Å². The standard InChI is InChI=1S/C27H49NO10/c1-5-18(3)26(38-25(35)14-20(27(36)37)13-24(33)34)23(32)12-17(2)10-8-6-7-9-11-21(30)15-22(31)16-28-19(4)29/h17-18,20-23,26,30-32H,5-16H2,1-4H3,(H,28,29)(H,33,34)(H,36,37)/p-2/t17-,18+,20+,21+,22-,23-,26+/m0/s1. The predicted octanol–water partition coefficient (Wildman–Crippen LogP) is -0.184. The van der Waals surface area contributed by atoms with E-state index in [-0.39, 0.29) is 30.7 Å². The van der Waals surface area contributed by atoms with Gasteiger partial charge < -0.3 is 45.2 Å². The van der Waals surface area contributed by atoms with Gasteiger partial charge in [-0.3, -0.25) is 9.59 Å². The highest BCUT2D eigenvalue weighted by Gasteiger charge is 2.30. The third-order valence-corrected chi connectivity index (χ3v) is 6.77. The van der Waals surface area contributed by atoms with Crippen molar-refractivity contribution in [2.24, 2.45) is 17.8 Å². The van der Waals surface area contributed by atoms with E-state index in [9.17, 15) is 44.7 Å². The quantitative estimate of drug-likeness (QED) is 0.105. The van der Waals surface area contributed by atoms with Gasteiger partial charge in [0.1, 0.15) is 6.10 Å². The molecule has 0 aromatic heterocycles. The number of esters is 1. The number of rotatable bonds is 22. The molecule has 0 radical (unpaired) electrons. The van der Waals surface area contributed by atoms with Crippen molar-refractivity contribution < 1.29 is 49.4 Å². The maximum absolute atomic E-state index is 12.3. The van der Waals surface area contributed by atoms with Crippen LogP contribution in [0.2, 0.25) is 0 Å². The minimum Gasteiger partial charge on any atom is -0.550 e. The fourth-order valence-electron chi connectivity index (χ4n) is 4.31. The molecule has 0 aliphatic rings. The molecule has 0 aromatic carbocycles. The van der Waals surface area contributed by atoms with E-state index in [0.717, 1.165) is 32.1 Å². The monoisotopic (exact) mass is 545 g/mol. The van der Waals surface area contributed by atoms with Gasteiger partial charge in [0.15, 0.2) is 0 Å². The summed E-state index contributed by atoms with van der Waals surface area (Å²) in [6, 6.07) is 0. The summed E-state index contributed by atoms with van der Waals surface area (Å²) in [5.74, 6) is -6.01. The van der Waals surface area contributed by atoms with Crippen molar-refractivity contribution in [2.75, 3.05) is 6.54 Å². The van der Waals surface area contributed by atoms with E-state index >= 15 is 0 Å². The maximum atomic E-state index is 12.3. The second-order valence-corrected chi connectivity index (χ2v) is 10.5. The normalized spacial score (nSPS) is 16.9. The number of unbranched alkanes of at least 4 members (excludes halogenated alkanes) is 3. The lowest BCUT2D eigenvalue weighted by Crippen LogP contribution is -2.40. The minimum absolute atomic E-state index is 0.121. The van der Waals surface area contributed by atoms with E-state index in [0.29, 0.717) is 19.3 Å². The number of carbonyl (C=O) groups excluding carboxylic acids is 4. The Morgan fingerprint density at radius 2 is 1.47 bits per heavy atom. The Balaban J connectivity index is 4.45. The highest BCUT2D eigenvalue weighted by molar-refractivity contribution is 5.81. The highest BCUT2D eigenvalue weighted by Crippen LogP contribution is 2.24. The van der Waals surface area contributed by atoms with Gasteiger partial charge in [0.25, 0.3) is 0 Å². The number of aliphatic carboxylic acids is 2. The first-order valence-electron chi connectivity index (χ1n) is 13.6. The molecule has 0 heterocycles. The predicted molar refractivity (Wildman–Crippen MR) is 135 cm³/mol. The van der Waals surface area contributed by atoms with Crippen LogP contribution in [0.15, 0.2) is 0 Å². The fourth-order valence-corrected chi connectivity index (χ4v) is 4.31. The Morgan fingerprint density at radius 3 is 2.00 bits per heavy atom. The first kappa shape index (κ1) is 35.8. The summed E-state index contributed by atoms with van der Waals surface area (Å²) < 4.78 is 5.41. The van der Waals surface area contributed by atoms with Crippen molar-refractivity contribution in [3.8, 4) is 0 Å². The van der Waals surface area contributed by atoms with Crippen LogP contribution < -0.4 is 15.5 Å². The van der Waals surface area contributed by atoms with Crippen molar-refractivity contribution in [3.63, 3.8) is 0 Å². The van der Waals surface area contributed by atoms with Gasteiger partial charge >= 0.3 is 5.97 Å². The summed E-state index contributed by atoms with van der Waals surface area (Å²) in [4.78, 5) is 45.0. The van der Waals surface area contributed by atoms with Gasteiger partial charge in [-0.25, -0.2) is 0 Å². The summed E-state index contributed by atoms with van der Waals surface area (Å²) in [6.07, 6.45) is 1.45. The zero-order valence-corrected chi connectivity index (χ0v) is 23.2. The summed E-state index contributed by atoms with van der Waals surface area (Å²) >= 11 is 0. The highest BCUT2D eigenvalue weighted by atomic mass is 16.6. The molecule has 0 fully saturated rings. The van der Waals surface area contributed by atoms with Crippen molar-refractivity contribution in [3.05, 3.63) is 0 Å². The van der Waals surface area contributed by atoms with Crippen molar-refractivity contribution in [1.82, 2.24) is 5.32 Å². The summed E-state index contributed by atoms with van der Waals surface area (Å²) in [7, 11) is 0. The van der Waals surface area contributed by atoms with Gasteiger partial charge in [0.05, 0.1) is 24.7 Å². The first-order chi connectivity index (χ1) is 17.8. The van der Waals surface area contributed by atoms with Crippen LogP contribution >= 0.6 is 0 Å². The number of hydrogen-bond acceptors (Lipinski definition) is 10. The van der Waals surface area contributed by atoms with Gasteiger partial charge in [0, 0.05) is 37.7 Å². The van der Waals surface area contributed by atoms with E-state index in [1.807, 2.05) is 20.8 Å². The molecule has 0 spiro atoms. The number of nitrogens with one attached hydrogen (secondary N) is 1. The molecule has 11 heteroatoms. The van der Waals surface area contributed by atoms with Crippen LogP contribution in [0, 0.1) is 17.8 Å². The second-order valence-electron chi connectivity index (χ2n) is 10.5. The Bertz CT molecular complexity index is 716. The number of carboxylic acid groups (broad SMARTS) is 2. The second kappa shape index (κ2) is 19.8. The van der Waals surface area contributed by atoms with Crippen LogP contribution in [-0.2, 0) is 23.9 Å². The van der Waals surface area contributed by atoms with Crippen molar-refractivity contribution in [1.29, 1.82) is 0 Å². The molecule has 222 valence electrons.